The number of aliphatic hydroxyl groups excluding tert-OH is 1. The van der Waals surface area contributed by atoms with Crippen LogP contribution in [0.4, 0.5) is 4.79 Å². The minimum Gasteiger partial charge on any atom is -0.444 e. The van der Waals surface area contributed by atoms with Crippen molar-refractivity contribution >= 4 is 33.4 Å². The predicted octanol–water partition coefficient (Wildman–Crippen LogP) is 3.19. The molecule has 6 heteroatoms. The standard InChI is InChI=1S/C13H20BrNO3S/c1-13(2,3)18-12(17)15-7-9(8-16)6-11-10(14)4-5-19-11/h4-5,9,16H,6-8H2,1-3H3,(H,15,17). The van der Waals surface area contributed by atoms with Gasteiger partial charge in [0.25, 0.3) is 0 Å². The van der Waals surface area contributed by atoms with E-state index in [2.05, 4.69) is 21.2 Å². The van der Waals surface area contributed by atoms with Gasteiger partial charge in [0.2, 0.25) is 0 Å². The van der Waals surface area contributed by atoms with Crippen molar-refractivity contribution in [1.29, 1.82) is 0 Å². The summed E-state index contributed by atoms with van der Waals surface area (Å²) in [4.78, 5) is 12.7. The zero-order valence-electron chi connectivity index (χ0n) is 11.4. The first-order chi connectivity index (χ1) is 8.81. The quantitative estimate of drug-likeness (QED) is 0.858. The third-order valence-electron chi connectivity index (χ3n) is 2.36. The van der Waals surface area contributed by atoms with Crippen LogP contribution in [0, 0.1) is 5.92 Å². The van der Waals surface area contributed by atoms with Gasteiger partial charge in [-0.2, -0.15) is 0 Å². The van der Waals surface area contributed by atoms with Gasteiger partial charge in [0.1, 0.15) is 5.60 Å². The first-order valence-corrected chi connectivity index (χ1v) is 7.78. The molecule has 0 aliphatic carbocycles. The average molecular weight is 350 g/mol. The van der Waals surface area contributed by atoms with Crippen molar-refractivity contribution in [2.24, 2.45) is 5.92 Å². The second kappa shape index (κ2) is 7.26. The number of nitrogens with one attached hydrogen (secondary N) is 1. The lowest BCUT2D eigenvalue weighted by Gasteiger charge is -2.21. The van der Waals surface area contributed by atoms with Crippen LogP contribution in [0.1, 0.15) is 25.6 Å². The Morgan fingerprint density at radius 1 is 1.58 bits per heavy atom. The van der Waals surface area contributed by atoms with Gasteiger partial charge in [0.05, 0.1) is 0 Å². The molecule has 0 bridgehead atoms. The maximum absolute atomic E-state index is 11.5. The van der Waals surface area contributed by atoms with Gasteiger partial charge in [-0.05, 0) is 54.6 Å². The zero-order valence-corrected chi connectivity index (χ0v) is 13.8. The molecule has 1 rings (SSSR count). The minimum absolute atomic E-state index is 0.0116. The molecule has 0 radical (unpaired) electrons. The van der Waals surface area contributed by atoms with E-state index >= 15 is 0 Å². The fourth-order valence-electron chi connectivity index (χ4n) is 1.48. The smallest absolute Gasteiger partial charge is 0.407 e. The largest absolute Gasteiger partial charge is 0.444 e. The topological polar surface area (TPSA) is 58.6 Å². The molecule has 4 nitrogen and oxygen atoms in total. The molecule has 1 heterocycles. The van der Waals surface area contributed by atoms with E-state index in [1.54, 1.807) is 11.3 Å². The summed E-state index contributed by atoms with van der Waals surface area (Å²) in [5.74, 6) is -0.0116. The molecule has 0 spiro atoms. The molecular formula is C13H20BrNO3S. The molecule has 0 saturated heterocycles. The number of hydrogen-bond acceptors (Lipinski definition) is 4. The summed E-state index contributed by atoms with van der Waals surface area (Å²) >= 11 is 5.10. The minimum atomic E-state index is -0.504. The van der Waals surface area contributed by atoms with Crippen LogP contribution in [-0.2, 0) is 11.2 Å². The number of alkyl carbamates (subject to hydrolysis) is 1. The fourth-order valence-corrected chi connectivity index (χ4v) is 3.11. The summed E-state index contributed by atoms with van der Waals surface area (Å²) in [6.45, 7) is 5.88. The van der Waals surface area contributed by atoms with Crippen LogP contribution in [0.5, 0.6) is 0 Å². The van der Waals surface area contributed by atoms with Gasteiger partial charge in [0, 0.05) is 28.4 Å². The monoisotopic (exact) mass is 349 g/mol. The highest BCUT2D eigenvalue weighted by molar-refractivity contribution is 9.10. The highest BCUT2D eigenvalue weighted by Crippen LogP contribution is 2.25. The molecule has 1 aromatic heterocycles. The third-order valence-corrected chi connectivity index (χ3v) is 4.31. The molecule has 0 aromatic carbocycles. The van der Waals surface area contributed by atoms with Crippen molar-refractivity contribution in [3.8, 4) is 0 Å². The van der Waals surface area contributed by atoms with Gasteiger partial charge in [-0.25, -0.2) is 4.79 Å². The molecule has 108 valence electrons. The molecule has 2 N–H and O–H groups in total. The molecule has 19 heavy (non-hydrogen) atoms. The van der Waals surface area contributed by atoms with Crippen LogP contribution in [-0.4, -0.2) is 30.0 Å². The van der Waals surface area contributed by atoms with Crippen LogP contribution >= 0.6 is 27.3 Å². The number of rotatable bonds is 5. The van der Waals surface area contributed by atoms with Crippen LogP contribution in [0.3, 0.4) is 0 Å². The van der Waals surface area contributed by atoms with E-state index < -0.39 is 11.7 Å². The Kier molecular flexibility index (Phi) is 6.29. The lowest BCUT2D eigenvalue weighted by Crippen LogP contribution is -2.36. The molecule has 1 unspecified atom stereocenters. The van der Waals surface area contributed by atoms with Gasteiger partial charge < -0.3 is 15.2 Å². The van der Waals surface area contributed by atoms with E-state index in [9.17, 15) is 9.90 Å². The Labute approximate surface area is 126 Å². The van der Waals surface area contributed by atoms with E-state index in [0.717, 1.165) is 10.9 Å². The molecule has 0 fully saturated rings. The van der Waals surface area contributed by atoms with E-state index in [4.69, 9.17) is 4.74 Å². The maximum atomic E-state index is 11.5. The number of ether oxygens (including phenoxy) is 1. The average Bonchev–Trinajstić information content (AvgIpc) is 2.67. The number of amides is 1. The summed E-state index contributed by atoms with van der Waals surface area (Å²) in [5, 5.41) is 14.0. The van der Waals surface area contributed by atoms with Crippen molar-refractivity contribution in [2.45, 2.75) is 32.8 Å². The van der Waals surface area contributed by atoms with E-state index in [1.165, 1.54) is 4.88 Å². The Morgan fingerprint density at radius 3 is 2.74 bits per heavy atom. The maximum Gasteiger partial charge on any atom is 0.407 e. The summed E-state index contributed by atoms with van der Waals surface area (Å²) in [5.41, 5.74) is -0.504. The Hall–Kier alpha value is -0.590. The number of hydrogen-bond donors (Lipinski definition) is 2. The summed E-state index contributed by atoms with van der Waals surface area (Å²) in [6, 6.07) is 1.98. The van der Waals surface area contributed by atoms with Crippen LogP contribution in [0.15, 0.2) is 15.9 Å². The molecule has 1 amide bonds. The third kappa shape index (κ3) is 6.40. The van der Waals surface area contributed by atoms with Crippen molar-refractivity contribution in [1.82, 2.24) is 5.32 Å². The predicted molar refractivity (Wildman–Crippen MR) is 80.5 cm³/mol. The lowest BCUT2D eigenvalue weighted by molar-refractivity contribution is 0.0512. The zero-order chi connectivity index (χ0) is 14.5. The first kappa shape index (κ1) is 16.5. The summed E-state index contributed by atoms with van der Waals surface area (Å²) in [6.07, 6.45) is 0.279. The number of thiophene rings is 1. The van der Waals surface area contributed by atoms with Crippen molar-refractivity contribution in [3.05, 3.63) is 20.8 Å². The van der Waals surface area contributed by atoms with Gasteiger partial charge in [-0.3, -0.25) is 0 Å². The Balaban J connectivity index is 2.41. The fraction of sp³-hybridized carbons (Fsp3) is 0.615. The highest BCUT2D eigenvalue weighted by atomic mass is 79.9. The van der Waals surface area contributed by atoms with E-state index in [0.29, 0.717) is 6.54 Å². The van der Waals surface area contributed by atoms with Crippen LogP contribution in [0.25, 0.3) is 0 Å². The molecule has 0 aliphatic heterocycles. The normalized spacial score (nSPS) is 13.1. The second-order valence-corrected chi connectivity index (χ2v) is 7.18. The highest BCUT2D eigenvalue weighted by Gasteiger charge is 2.18. The van der Waals surface area contributed by atoms with E-state index in [-0.39, 0.29) is 12.5 Å². The number of aliphatic hydroxyl groups is 1. The number of carbonyl (C=O) groups is 1. The Bertz CT molecular complexity index is 414. The molecule has 0 saturated carbocycles. The lowest BCUT2D eigenvalue weighted by atomic mass is 10.1. The van der Waals surface area contributed by atoms with Gasteiger partial charge >= 0.3 is 6.09 Å². The molecule has 0 aliphatic rings. The van der Waals surface area contributed by atoms with Crippen LogP contribution < -0.4 is 5.32 Å². The van der Waals surface area contributed by atoms with Crippen molar-refractivity contribution in [2.75, 3.05) is 13.2 Å². The molecule has 1 aromatic rings. The Morgan fingerprint density at radius 2 is 2.26 bits per heavy atom. The van der Waals surface area contributed by atoms with Crippen molar-refractivity contribution < 1.29 is 14.6 Å². The number of carbonyl (C=O) groups excluding carboxylic acids is 1. The van der Waals surface area contributed by atoms with E-state index in [1.807, 2.05) is 32.2 Å². The first-order valence-electron chi connectivity index (χ1n) is 6.11. The molecule has 1 atom stereocenters. The van der Waals surface area contributed by atoms with Gasteiger partial charge in [-0.15, -0.1) is 11.3 Å². The number of halogens is 1. The second-order valence-electron chi connectivity index (χ2n) is 5.33. The van der Waals surface area contributed by atoms with Crippen molar-refractivity contribution in [3.63, 3.8) is 0 Å². The van der Waals surface area contributed by atoms with Gasteiger partial charge in [-0.1, -0.05) is 0 Å². The summed E-state index contributed by atoms with van der Waals surface area (Å²) < 4.78 is 6.20. The summed E-state index contributed by atoms with van der Waals surface area (Å²) in [7, 11) is 0. The SMILES string of the molecule is CC(C)(C)OC(=O)NCC(CO)Cc1sccc1Br. The molecular weight excluding hydrogens is 330 g/mol. The van der Waals surface area contributed by atoms with Gasteiger partial charge in [0.15, 0.2) is 0 Å². The van der Waals surface area contributed by atoms with Crippen LogP contribution in [0.2, 0.25) is 0 Å².